The topological polar surface area (TPSA) is 99.1 Å². The third kappa shape index (κ3) is 6.14. The number of nitrogens with one attached hydrogen (secondary N) is 1. The maximum atomic E-state index is 12.6. The lowest BCUT2D eigenvalue weighted by atomic mass is 10.0. The van der Waals surface area contributed by atoms with Crippen molar-refractivity contribution in [2.75, 3.05) is 32.5 Å². The van der Waals surface area contributed by atoms with Crippen molar-refractivity contribution in [2.24, 2.45) is 0 Å². The van der Waals surface area contributed by atoms with Gasteiger partial charge in [0.1, 0.15) is 5.75 Å². The first-order chi connectivity index (χ1) is 12.6. The SMILES string of the molecule is COc1cc(N)c(Cl)cc1C(=O)NC1CCN(CC2=CCC=CC2)CC1.Cl.O. The van der Waals surface area contributed by atoms with Crippen molar-refractivity contribution in [3.05, 3.63) is 46.5 Å². The molecule has 0 atom stereocenters. The predicted molar refractivity (Wildman–Crippen MR) is 117 cm³/mol. The molecule has 8 heteroatoms. The number of carbonyl (C=O) groups excluding carboxylic acids is 1. The number of allylic oxidation sites excluding steroid dienone is 3. The monoisotopic (exact) mass is 429 g/mol. The van der Waals surface area contributed by atoms with Crippen LogP contribution in [0.15, 0.2) is 35.9 Å². The van der Waals surface area contributed by atoms with Crippen LogP contribution in [0.5, 0.6) is 5.75 Å². The van der Waals surface area contributed by atoms with E-state index in [-0.39, 0.29) is 29.8 Å². The van der Waals surface area contributed by atoms with E-state index in [2.05, 4.69) is 28.4 Å². The highest BCUT2D eigenvalue weighted by Gasteiger charge is 2.23. The maximum Gasteiger partial charge on any atom is 0.255 e. The fourth-order valence-electron chi connectivity index (χ4n) is 3.48. The molecule has 1 aromatic carbocycles. The molecule has 1 heterocycles. The van der Waals surface area contributed by atoms with E-state index in [1.807, 2.05) is 0 Å². The molecular formula is C20H29Cl2N3O3. The Hall–Kier alpha value is -1.73. The molecule has 0 saturated carbocycles. The fraction of sp³-hybridized carbons (Fsp3) is 0.450. The van der Waals surface area contributed by atoms with E-state index in [1.165, 1.54) is 12.7 Å². The molecule has 2 aliphatic rings. The molecule has 0 bridgehead atoms. The first-order valence-corrected chi connectivity index (χ1v) is 9.43. The number of halogens is 2. The van der Waals surface area contributed by atoms with Crippen LogP contribution >= 0.6 is 24.0 Å². The van der Waals surface area contributed by atoms with E-state index in [1.54, 1.807) is 12.1 Å². The standard InChI is InChI=1S/C20H26ClN3O2.ClH.H2O/c1-26-19-12-18(22)17(21)11-16(19)20(25)23-15-7-9-24(10-8-15)13-14-5-3-2-4-6-14;;/h2-3,6,11-12,15H,4-5,7-10,13,22H2,1H3,(H,23,25);1H;1H2. The normalized spacial score (nSPS) is 17.1. The molecule has 1 saturated heterocycles. The van der Waals surface area contributed by atoms with Crippen molar-refractivity contribution >= 4 is 35.6 Å². The van der Waals surface area contributed by atoms with Crippen molar-refractivity contribution in [2.45, 2.75) is 31.7 Å². The van der Waals surface area contributed by atoms with Gasteiger partial charge in [0.25, 0.3) is 5.91 Å². The van der Waals surface area contributed by atoms with Gasteiger partial charge in [-0.25, -0.2) is 0 Å². The number of hydrogen-bond acceptors (Lipinski definition) is 4. The number of nitrogen functional groups attached to an aromatic ring is 1. The van der Waals surface area contributed by atoms with E-state index >= 15 is 0 Å². The van der Waals surface area contributed by atoms with Crippen LogP contribution in [0.4, 0.5) is 5.69 Å². The van der Waals surface area contributed by atoms with E-state index < -0.39 is 0 Å². The number of rotatable bonds is 5. The van der Waals surface area contributed by atoms with Gasteiger partial charge in [-0.05, 0) is 31.7 Å². The second kappa shape index (κ2) is 11.3. The summed E-state index contributed by atoms with van der Waals surface area (Å²) < 4.78 is 5.27. The lowest BCUT2D eigenvalue weighted by Gasteiger charge is -2.33. The summed E-state index contributed by atoms with van der Waals surface area (Å²) in [6.07, 6.45) is 10.8. The zero-order valence-corrected chi connectivity index (χ0v) is 17.6. The van der Waals surface area contributed by atoms with Crippen molar-refractivity contribution in [1.82, 2.24) is 10.2 Å². The number of piperidine rings is 1. The highest BCUT2D eigenvalue weighted by atomic mass is 35.5. The summed E-state index contributed by atoms with van der Waals surface area (Å²) in [5.74, 6) is 0.279. The molecule has 1 aromatic rings. The molecule has 28 heavy (non-hydrogen) atoms. The molecule has 6 nitrogen and oxygen atoms in total. The zero-order valence-electron chi connectivity index (χ0n) is 16.0. The maximum absolute atomic E-state index is 12.6. The molecule has 1 aliphatic heterocycles. The van der Waals surface area contributed by atoms with E-state index in [4.69, 9.17) is 22.1 Å². The summed E-state index contributed by atoms with van der Waals surface area (Å²) in [5, 5.41) is 3.47. The lowest BCUT2D eigenvalue weighted by Crippen LogP contribution is -2.45. The number of ether oxygens (including phenoxy) is 1. The van der Waals surface area contributed by atoms with Crippen LogP contribution in [0.2, 0.25) is 5.02 Å². The van der Waals surface area contributed by atoms with E-state index in [0.717, 1.165) is 45.3 Å². The Morgan fingerprint density at radius 1 is 1.32 bits per heavy atom. The molecule has 5 N–H and O–H groups in total. The quantitative estimate of drug-likeness (QED) is 0.554. The second-order valence-electron chi connectivity index (χ2n) is 6.87. The van der Waals surface area contributed by atoms with Crippen molar-refractivity contribution in [1.29, 1.82) is 0 Å². The van der Waals surface area contributed by atoms with Gasteiger partial charge in [0, 0.05) is 31.7 Å². The summed E-state index contributed by atoms with van der Waals surface area (Å²) in [6.45, 7) is 3.02. The number of nitrogens with zero attached hydrogens (tertiary/aromatic N) is 1. The van der Waals surface area contributed by atoms with Crippen LogP contribution < -0.4 is 15.8 Å². The van der Waals surface area contributed by atoms with Crippen LogP contribution in [0, 0.1) is 0 Å². The number of nitrogens with two attached hydrogens (primary N) is 1. The van der Waals surface area contributed by atoms with Crippen molar-refractivity contribution in [3.63, 3.8) is 0 Å². The second-order valence-corrected chi connectivity index (χ2v) is 7.28. The molecule has 1 amide bonds. The van der Waals surface area contributed by atoms with E-state index in [9.17, 15) is 4.79 Å². The van der Waals surface area contributed by atoms with Gasteiger partial charge in [0.15, 0.2) is 0 Å². The number of anilines is 1. The largest absolute Gasteiger partial charge is 0.496 e. The Bertz CT molecular complexity index is 730. The molecule has 0 spiro atoms. The van der Waals surface area contributed by atoms with Gasteiger partial charge >= 0.3 is 0 Å². The van der Waals surface area contributed by atoms with Gasteiger partial charge < -0.3 is 21.3 Å². The Kier molecular flexibility index (Phi) is 9.82. The average Bonchev–Trinajstić information content (AvgIpc) is 2.66. The zero-order chi connectivity index (χ0) is 18.5. The van der Waals surface area contributed by atoms with Crippen molar-refractivity contribution in [3.8, 4) is 5.75 Å². The minimum absolute atomic E-state index is 0. The minimum Gasteiger partial charge on any atom is -0.496 e. The summed E-state index contributed by atoms with van der Waals surface area (Å²) in [7, 11) is 1.52. The van der Waals surface area contributed by atoms with Gasteiger partial charge in [-0.1, -0.05) is 35.4 Å². The summed E-state index contributed by atoms with van der Waals surface area (Å²) in [6, 6.07) is 3.33. The van der Waals surface area contributed by atoms with E-state index in [0.29, 0.717) is 22.0 Å². The first kappa shape index (κ1) is 24.3. The Morgan fingerprint density at radius 2 is 2.04 bits per heavy atom. The molecule has 1 fully saturated rings. The van der Waals surface area contributed by atoms with Gasteiger partial charge in [0.05, 0.1) is 23.4 Å². The summed E-state index contributed by atoms with van der Waals surface area (Å²) >= 11 is 6.06. The van der Waals surface area contributed by atoms with Crippen LogP contribution in [0.3, 0.4) is 0 Å². The minimum atomic E-state index is -0.165. The molecule has 0 unspecified atom stereocenters. The predicted octanol–water partition coefficient (Wildman–Crippen LogP) is 3.00. The van der Waals surface area contributed by atoms with Crippen LogP contribution in [0.25, 0.3) is 0 Å². The molecule has 156 valence electrons. The molecule has 0 aromatic heterocycles. The average molecular weight is 430 g/mol. The summed E-state index contributed by atoms with van der Waals surface area (Å²) in [5.41, 5.74) is 8.11. The number of likely N-dealkylation sites (tertiary alicyclic amines) is 1. The van der Waals surface area contributed by atoms with Crippen LogP contribution in [0.1, 0.15) is 36.0 Å². The molecular weight excluding hydrogens is 401 g/mol. The molecule has 0 radical (unpaired) electrons. The van der Waals surface area contributed by atoms with Crippen LogP contribution in [-0.4, -0.2) is 49.1 Å². The highest BCUT2D eigenvalue weighted by Crippen LogP contribution is 2.29. The molecule has 1 aliphatic carbocycles. The van der Waals surface area contributed by atoms with Gasteiger partial charge in [-0.3, -0.25) is 9.69 Å². The molecule has 3 rings (SSSR count). The third-order valence-electron chi connectivity index (χ3n) is 5.00. The van der Waals surface area contributed by atoms with Gasteiger partial charge in [0.2, 0.25) is 0 Å². The Balaban J connectivity index is 0.00000196. The highest BCUT2D eigenvalue weighted by molar-refractivity contribution is 6.33. The first-order valence-electron chi connectivity index (χ1n) is 9.06. The smallest absolute Gasteiger partial charge is 0.255 e. The van der Waals surface area contributed by atoms with Gasteiger partial charge in [-0.15, -0.1) is 12.4 Å². The Morgan fingerprint density at radius 3 is 2.64 bits per heavy atom. The number of hydrogen-bond donors (Lipinski definition) is 2. The lowest BCUT2D eigenvalue weighted by molar-refractivity contribution is 0.0910. The number of methoxy groups -OCH3 is 1. The number of benzene rings is 1. The van der Waals surface area contributed by atoms with Crippen molar-refractivity contribution < 1.29 is 15.0 Å². The fourth-order valence-corrected chi connectivity index (χ4v) is 3.64. The third-order valence-corrected chi connectivity index (χ3v) is 5.33. The number of amides is 1. The number of carbonyl (C=O) groups is 1. The van der Waals surface area contributed by atoms with Crippen LogP contribution in [-0.2, 0) is 0 Å². The summed E-state index contributed by atoms with van der Waals surface area (Å²) in [4.78, 5) is 15.1. The Labute approximate surface area is 177 Å². The van der Waals surface area contributed by atoms with Gasteiger partial charge in [-0.2, -0.15) is 0 Å².